The van der Waals surface area contributed by atoms with E-state index in [9.17, 15) is 0 Å². The molecule has 2 aliphatic rings. The fourth-order valence-electron chi connectivity index (χ4n) is 1.94. The molecular weight excluding hydrogens is 323 g/mol. The quantitative estimate of drug-likeness (QED) is 0.349. The van der Waals surface area contributed by atoms with Gasteiger partial charge in [-0.1, -0.05) is 30.2 Å². The first-order valence-corrected chi connectivity index (χ1v) is 5.92. The molecule has 0 saturated carbocycles. The summed E-state index contributed by atoms with van der Waals surface area (Å²) in [4.78, 5) is 0. The molecule has 20 heavy (non-hydrogen) atoms. The van der Waals surface area contributed by atoms with Crippen LogP contribution >= 0.6 is 0 Å². The molecule has 102 valence electrons. The molecule has 0 aromatic heterocycles. The maximum Gasteiger partial charge on any atom is 4.00 e. The Morgan fingerprint density at radius 2 is 2.00 bits per heavy atom. The topological polar surface area (TPSA) is 0 Å². The van der Waals surface area contributed by atoms with E-state index in [4.69, 9.17) is 0 Å². The summed E-state index contributed by atoms with van der Waals surface area (Å²) in [5.41, 5.74) is 2.70. The Labute approximate surface area is 149 Å². The van der Waals surface area contributed by atoms with Crippen molar-refractivity contribution in [1.82, 2.24) is 0 Å². The molecule has 0 spiro atoms. The zero-order valence-electron chi connectivity index (χ0n) is 11.2. The minimum Gasteiger partial charge on any atom is -1.00 e. The third-order valence-electron chi connectivity index (χ3n) is 2.80. The van der Waals surface area contributed by atoms with E-state index in [0.29, 0.717) is 5.92 Å². The van der Waals surface area contributed by atoms with Gasteiger partial charge in [0.05, 0.1) is 0 Å². The zero-order valence-corrected chi connectivity index (χ0v) is 14.2. The summed E-state index contributed by atoms with van der Waals surface area (Å²) in [6.45, 7) is 3.74. The summed E-state index contributed by atoms with van der Waals surface area (Å²) in [5, 5.41) is 0. The predicted octanol–water partition coefficient (Wildman–Crippen LogP) is -1.51. The van der Waals surface area contributed by atoms with Crippen molar-refractivity contribution in [1.29, 1.82) is 0 Å². The van der Waals surface area contributed by atoms with Gasteiger partial charge < -0.3 is 24.8 Å². The summed E-state index contributed by atoms with van der Waals surface area (Å²) in [7, 11) is 0. The van der Waals surface area contributed by atoms with Gasteiger partial charge in [-0.25, -0.2) is 18.2 Å². The number of benzene rings is 1. The van der Waals surface area contributed by atoms with Crippen LogP contribution in [0.4, 0.5) is 0 Å². The van der Waals surface area contributed by atoms with E-state index in [1.165, 1.54) is 11.1 Å². The van der Waals surface area contributed by atoms with E-state index in [1.54, 1.807) is 0 Å². The van der Waals surface area contributed by atoms with Crippen LogP contribution in [0, 0.1) is 12.2 Å². The van der Waals surface area contributed by atoms with Crippen LogP contribution in [0.15, 0.2) is 55.1 Å². The maximum absolute atomic E-state index is 3.74. The Hall–Kier alpha value is -0.526. The van der Waals surface area contributed by atoms with Crippen LogP contribution in [0.3, 0.4) is 0 Å². The number of hydrogen-bond donors (Lipinski definition) is 0. The second-order valence-electron chi connectivity index (χ2n) is 4.02. The Balaban J connectivity index is 0. The first-order valence-electron chi connectivity index (χ1n) is 5.92. The molecule has 0 fully saturated rings. The zero-order chi connectivity index (χ0) is 11.9. The molecule has 3 heteroatoms. The minimum atomic E-state index is 0. The first kappa shape index (κ1) is 21.8. The molecule has 0 heterocycles. The molecule has 0 N–H and O–H groups in total. The van der Waals surface area contributed by atoms with Gasteiger partial charge in [-0.15, -0.1) is 24.6 Å². The monoisotopic (exact) mass is 338 g/mol. The van der Waals surface area contributed by atoms with Gasteiger partial charge in [-0.05, 0) is 6.42 Å². The molecule has 2 aliphatic carbocycles. The Kier molecular flexibility index (Phi) is 13.3. The SMILES string of the molecule is C=CCC1[C-]=Cc2ccccc21.[C-]1=CC=CC1.[Cl-].[Cl-].[Ti+4]. The van der Waals surface area contributed by atoms with Gasteiger partial charge in [0, 0.05) is 0 Å². The van der Waals surface area contributed by atoms with Crippen LogP contribution in [0.5, 0.6) is 0 Å². The largest absolute Gasteiger partial charge is 4.00 e. The van der Waals surface area contributed by atoms with Gasteiger partial charge in [0.25, 0.3) is 0 Å². The van der Waals surface area contributed by atoms with Crippen LogP contribution < -0.4 is 24.8 Å². The van der Waals surface area contributed by atoms with Gasteiger partial charge in [0.1, 0.15) is 0 Å². The molecule has 0 saturated heterocycles. The fraction of sp³-hybridized carbons (Fsp3) is 0.176. The average molecular weight is 339 g/mol. The van der Waals surface area contributed by atoms with Gasteiger partial charge in [0.15, 0.2) is 0 Å². The first-order chi connectivity index (χ1) is 8.42. The third-order valence-corrected chi connectivity index (χ3v) is 2.80. The van der Waals surface area contributed by atoms with Crippen molar-refractivity contribution in [3.05, 3.63) is 78.4 Å². The van der Waals surface area contributed by atoms with E-state index in [1.807, 2.05) is 18.2 Å². The molecule has 0 bridgehead atoms. The molecular formula is C17H16Cl2Ti. The average Bonchev–Trinajstić information content (AvgIpc) is 3.02. The van der Waals surface area contributed by atoms with Crippen molar-refractivity contribution < 1.29 is 46.5 Å². The second kappa shape index (κ2) is 12.2. The predicted molar refractivity (Wildman–Crippen MR) is 73.3 cm³/mol. The van der Waals surface area contributed by atoms with Gasteiger partial charge in [0.2, 0.25) is 0 Å². The van der Waals surface area contributed by atoms with Crippen LogP contribution in [-0.4, -0.2) is 0 Å². The van der Waals surface area contributed by atoms with Crippen LogP contribution in [0.2, 0.25) is 0 Å². The summed E-state index contributed by atoms with van der Waals surface area (Å²) in [6, 6.07) is 8.44. The molecule has 0 aliphatic heterocycles. The van der Waals surface area contributed by atoms with Crippen molar-refractivity contribution in [2.45, 2.75) is 18.8 Å². The van der Waals surface area contributed by atoms with E-state index in [0.717, 1.165) is 12.8 Å². The fourth-order valence-corrected chi connectivity index (χ4v) is 1.94. The van der Waals surface area contributed by atoms with Gasteiger partial charge in [-0.2, -0.15) is 11.6 Å². The van der Waals surface area contributed by atoms with Crippen LogP contribution in [0.1, 0.15) is 29.9 Å². The van der Waals surface area contributed by atoms with E-state index in [-0.39, 0.29) is 46.5 Å². The third kappa shape index (κ3) is 6.28. The molecule has 0 radical (unpaired) electrons. The smallest absolute Gasteiger partial charge is 1.00 e. The number of halogens is 2. The van der Waals surface area contributed by atoms with Crippen molar-refractivity contribution in [3.8, 4) is 0 Å². The Bertz CT molecular complexity index is 466. The minimum absolute atomic E-state index is 0. The summed E-state index contributed by atoms with van der Waals surface area (Å²) in [5.74, 6) is 0.443. The number of hydrogen-bond acceptors (Lipinski definition) is 0. The summed E-state index contributed by atoms with van der Waals surface area (Å²) < 4.78 is 0. The van der Waals surface area contributed by atoms with E-state index >= 15 is 0 Å². The summed E-state index contributed by atoms with van der Waals surface area (Å²) >= 11 is 0. The molecule has 3 rings (SSSR count). The number of fused-ring (bicyclic) bond motifs is 1. The van der Waals surface area contributed by atoms with E-state index in [2.05, 4.69) is 55.1 Å². The molecule has 0 amide bonds. The Morgan fingerprint density at radius 3 is 2.55 bits per heavy atom. The summed E-state index contributed by atoms with van der Waals surface area (Å²) in [6.07, 6.45) is 18.3. The second-order valence-corrected chi connectivity index (χ2v) is 4.02. The van der Waals surface area contributed by atoms with Crippen LogP contribution in [-0.2, 0) is 21.7 Å². The molecule has 0 nitrogen and oxygen atoms in total. The van der Waals surface area contributed by atoms with Crippen molar-refractivity contribution in [2.75, 3.05) is 0 Å². The normalized spacial score (nSPS) is 15.9. The number of rotatable bonds is 2. The van der Waals surface area contributed by atoms with Crippen molar-refractivity contribution in [3.63, 3.8) is 0 Å². The van der Waals surface area contributed by atoms with Crippen molar-refractivity contribution in [2.24, 2.45) is 0 Å². The van der Waals surface area contributed by atoms with Crippen molar-refractivity contribution >= 4 is 6.08 Å². The molecule has 1 unspecified atom stereocenters. The van der Waals surface area contributed by atoms with E-state index < -0.39 is 0 Å². The van der Waals surface area contributed by atoms with Gasteiger partial charge in [-0.3, -0.25) is 12.2 Å². The number of allylic oxidation sites excluding steroid dienone is 6. The molecule has 1 aromatic carbocycles. The standard InChI is InChI=1S/C12H11.C5H5.2ClH.Ti/c1-2-5-10-8-9-11-6-3-4-7-12(10)11;1-2-4-5-3-1;;;/h2-4,6-7,9-10H,1,5H2;1-3H,4H2;2*1H;/q2*-1;;;+4/p-2. The maximum atomic E-state index is 3.74. The molecule has 1 atom stereocenters. The van der Waals surface area contributed by atoms with Crippen LogP contribution in [0.25, 0.3) is 6.08 Å². The Morgan fingerprint density at radius 1 is 1.25 bits per heavy atom. The van der Waals surface area contributed by atoms with Gasteiger partial charge >= 0.3 is 21.7 Å². The molecule has 1 aromatic rings.